The van der Waals surface area contributed by atoms with E-state index in [9.17, 15) is 44.3 Å². The Hall–Kier alpha value is -2.96. The lowest BCUT2D eigenvalue weighted by atomic mass is 9.95. The summed E-state index contributed by atoms with van der Waals surface area (Å²) in [6.07, 6.45) is -15.0. The molecule has 13 heteroatoms. The van der Waals surface area contributed by atoms with Crippen LogP contribution in [0.5, 0.6) is 0 Å². The van der Waals surface area contributed by atoms with Crippen LogP contribution < -0.4 is 0 Å². The maximum absolute atomic E-state index is 13.5. The van der Waals surface area contributed by atoms with Crippen molar-refractivity contribution in [1.29, 1.82) is 0 Å². The molecule has 2 aromatic carbocycles. The molecule has 2 aliphatic heterocycles. The Labute approximate surface area is 224 Å². The van der Waals surface area contributed by atoms with Crippen LogP contribution in [-0.2, 0) is 36.2 Å². The van der Waals surface area contributed by atoms with E-state index in [0.717, 1.165) is 43.0 Å². The molecule has 40 heavy (non-hydrogen) atoms. The Kier molecular flexibility index (Phi) is 8.09. The van der Waals surface area contributed by atoms with E-state index in [-0.39, 0.29) is 24.2 Å². The van der Waals surface area contributed by atoms with Crippen molar-refractivity contribution in [3.8, 4) is 0 Å². The molecule has 0 bridgehead atoms. The van der Waals surface area contributed by atoms with Gasteiger partial charge in [0.2, 0.25) is 0 Å². The molecular weight excluding hydrogens is 555 g/mol. The van der Waals surface area contributed by atoms with Gasteiger partial charge in [-0.05, 0) is 93.2 Å². The molecule has 0 spiro atoms. The van der Waals surface area contributed by atoms with Crippen LogP contribution in [0.1, 0.15) is 66.2 Å². The Morgan fingerprint density at radius 3 is 1.90 bits per heavy atom. The summed E-state index contributed by atoms with van der Waals surface area (Å²) >= 11 is 0. The first-order valence-corrected chi connectivity index (χ1v) is 12.6. The second-order valence-corrected chi connectivity index (χ2v) is 10.3. The minimum atomic E-state index is -5.10. The van der Waals surface area contributed by atoms with Crippen molar-refractivity contribution < 1.29 is 49.0 Å². The molecule has 0 saturated carbocycles. The fourth-order valence-corrected chi connectivity index (χ4v) is 5.26. The predicted molar refractivity (Wildman–Crippen MR) is 126 cm³/mol. The van der Waals surface area contributed by atoms with Crippen molar-refractivity contribution in [2.75, 3.05) is 13.1 Å². The monoisotopic (exact) mass is 582 g/mol. The SMILES string of the molecule is CC(Cc1ccc(C(F)(F)F)cc1CN1C(=O)O[C@H](c2cc(C(F)(F)F)cc(C(F)(F)F)c2)[C@@H]1C)N1CCCC1. The van der Waals surface area contributed by atoms with E-state index in [0.29, 0.717) is 24.1 Å². The normalized spacial score (nSPS) is 21.7. The fourth-order valence-electron chi connectivity index (χ4n) is 5.26. The van der Waals surface area contributed by atoms with Crippen LogP contribution in [-0.4, -0.2) is 41.1 Å². The quantitative estimate of drug-likeness (QED) is 0.325. The first kappa shape index (κ1) is 30.0. The van der Waals surface area contributed by atoms with Crippen LogP contribution in [0.25, 0.3) is 0 Å². The lowest BCUT2D eigenvalue weighted by Gasteiger charge is -2.27. The number of ether oxygens (including phenoxy) is 1. The van der Waals surface area contributed by atoms with Crippen molar-refractivity contribution in [3.63, 3.8) is 0 Å². The third-order valence-corrected chi connectivity index (χ3v) is 7.48. The number of hydrogen-bond acceptors (Lipinski definition) is 3. The molecule has 0 N–H and O–H groups in total. The molecule has 3 atom stereocenters. The van der Waals surface area contributed by atoms with Crippen LogP contribution >= 0.6 is 0 Å². The summed E-state index contributed by atoms with van der Waals surface area (Å²) in [4.78, 5) is 16.0. The van der Waals surface area contributed by atoms with E-state index in [1.54, 1.807) is 0 Å². The van der Waals surface area contributed by atoms with E-state index in [1.807, 2.05) is 6.92 Å². The summed E-state index contributed by atoms with van der Waals surface area (Å²) in [5.74, 6) is 0. The number of likely N-dealkylation sites (tertiary alicyclic amines) is 1. The number of nitrogens with zero attached hydrogens (tertiary/aromatic N) is 2. The van der Waals surface area contributed by atoms with Crippen molar-refractivity contribution >= 4 is 6.09 Å². The molecule has 0 aliphatic carbocycles. The summed E-state index contributed by atoms with van der Waals surface area (Å²) in [5, 5.41) is 0. The largest absolute Gasteiger partial charge is 0.439 e. The maximum Gasteiger partial charge on any atom is 0.416 e. The first-order chi connectivity index (χ1) is 18.4. The highest BCUT2D eigenvalue weighted by Gasteiger charge is 2.43. The van der Waals surface area contributed by atoms with Crippen LogP contribution in [0.15, 0.2) is 36.4 Å². The van der Waals surface area contributed by atoms with Gasteiger partial charge < -0.3 is 9.64 Å². The number of carbonyl (C=O) groups is 1. The Bertz CT molecular complexity index is 1200. The lowest BCUT2D eigenvalue weighted by molar-refractivity contribution is -0.143. The summed E-state index contributed by atoms with van der Waals surface area (Å²) in [6.45, 7) is 4.65. The number of halogens is 9. The fraction of sp³-hybridized carbons (Fsp3) is 0.519. The average Bonchev–Trinajstić information content (AvgIpc) is 3.48. The molecule has 2 heterocycles. The minimum absolute atomic E-state index is 0.000383. The van der Waals surface area contributed by atoms with Crippen LogP contribution in [0.2, 0.25) is 0 Å². The smallest absolute Gasteiger partial charge is 0.416 e. The highest BCUT2D eigenvalue weighted by Crippen LogP contribution is 2.41. The van der Waals surface area contributed by atoms with Crippen molar-refractivity contribution in [2.24, 2.45) is 0 Å². The number of hydrogen-bond donors (Lipinski definition) is 0. The van der Waals surface area contributed by atoms with E-state index >= 15 is 0 Å². The van der Waals surface area contributed by atoms with Crippen molar-refractivity contribution in [1.82, 2.24) is 9.80 Å². The van der Waals surface area contributed by atoms with Gasteiger partial charge in [0, 0.05) is 12.6 Å². The highest BCUT2D eigenvalue weighted by molar-refractivity contribution is 5.71. The van der Waals surface area contributed by atoms with Gasteiger partial charge in [-0.25, -0.2) is 4.79 Å². The van der Waals surface area contributed by atoms with Gasteiger partial charge in [0.05, 0.1) is 22.7 Å². The van der Waals surface area contributed by atoms with Crippen LogP contribution in [0.3, 0.4) is 0 Å². The molecular formula is C27H27F9N2O2. The maximum atomic E-state index is 13.5. The van der Waals surface area contributed by atoms with Gasteiger partial charge in [-0.15, -0.1) is 0 Å². The van der Waals surface area contributed by atoms with Gasteiger partial charge in [0.1, 0.15) is 6.10 Å². The second kappa shape index (κ2) is 10.8. The summed E-state index contributed by atoms with van der Waals surface area (Å²) in [7, 11) is 0. The van der Waals surface area contributed by atoms with Gasteiger partial charge in [0.15, 0.2) is 0 Å². The van der Waals surface area contributed by atoms with E-state index in [4.69, 9.17) is 4.74 Å². The summed E-state index contributed by atoms with van der Waals surface area (Å²) in [5.41, 5.74) is -3.85. The molecule has 2 aromatic rings. The lowest BCUT2D eigenvalue weighted by Crippen LogP contribution is -2.34. The van der Waals surface area contributed by atoms with Gasteiger partial charge in [0.25, 0.3) is 0 Å². The average molecular weight is 583 g/mol. The zero-order valence-electron chi connectivity index (χ0n) is 21.6. The molecule has 1 unspecified atom stereocenters. The molecule has 2 fully saturated rings. The van der Waals surface area contributed by atoms with Gasteiger partial charge in [-0.2, -0.15) is 39.5 Å². The van der Waals surface area contributed by atoms with E-state index < -0.39 is 59.0 Å². The molecule has 220 valence electrons. The second-order valence-electron chi connectivity index (χ2n) is 10.3. The first-order valence-electron chi connectivity index (χ1n) is 12.6. The molecule has 1 amide bonds. The molecule has 4 rings (SSSR count). The van der Waals surface area contributed by atoms with E-state index in [2.05, 4.69) is 4.90 Å². The topological polar surface area (TPSA) is 32.8 Å². The molecule has 0 aromatic heterocycles. The number of cyclic esters (lactones) is 1. The number of rotatable bonds is 6. The summed E-state index contributed by atoms with van der Waals surface area (Å²) in [6, 6.07) is 3.09. The molecule has 2 aliphatic rings. The van der Waals surface area contributed by atoms with Gasteiger partial charge in [-0.3, -0.25) is 4.90 Å². The number of amides is 1. The third kappa shape index (κ3) is 6.50. The standard InChI is InChI=1S/C27H27F9N2O2/c1-15(37-7-3-4-8-37)9-17-5-6-20(25(28,29)30)12-19(17)14-38-16(2)23(40-24(38)39)18-10-21(26(31,32)33)13-22(11-18)27(34,35)36/h5-6,10-13,15-16,23H,3-4,7-9,14H2,1-2H3/t15?,16-,23-/m0/s1. The van der Waals surface area contributed by atoms with Gasteiger partial charge in [-0.1, -0.05) is 6.07 Å². The predicted octanol–water partition coefficient (Wildman–Crippen LogP) is 7.85. The number of benzene rings is 2. The van der Waals surface area contributed by atoms with Crippen LogP contribution in [0, 0.1) is 0 Å². The molecule has 0 radical (unpaired) electrons. The van der Waals surface area contributed by atoms with E-state index in [1.165, 1.54) is 13.0 Å². The Morgan fingerprint density at radius 2 is 1.38 bits per heavy atom. The van der Waals surface area contributed by atoms with Crippen LogP contribution in [0.4, 0.5) is 44.3 Å². The molecule has 4 nitrogen and oxygen atoms in total. The van der Waals surface area contributed by atoms with Crippen molar-refractivity contribution in [2.45, 2.75) is 76.4 Å². The Morgan fingerprint density at radius 1 is 0.825 bits per heavy atom. The summed E-state index contributed by atoms with van der Waals surface area (Å²) < 4.78 is 126. The third-order valence-electron chi connectivity index (χ3n) is 7.48. The van der Waals surface area contributed by atoms with Crippen molar-refractivity contribution in [3.05, 3.63) is 69.8 Å². The number of alkyl halides is 9. The Balaban J connectivity index is 1.66. The number of carbonyl (C=O) groups excluding carboxylic acids is 1. The highest BCUT2D eigenvalue weighted by atomic mass is 19.4. The zero-order valence-corrected chi connectivity index (χ0v) is 21.6. The zero-order chi connectivity index (χ0) is 29.6. The minimum Gasteiger partial charge on any atom is -0.439 e. The van der Waals surface area contributed by atoms with Gasteiger partial charge >= 0.3 is 24.6 Å². The molecule has 2 saturated heterocycles.